The number of hydrazone groups is 1. The normalized spacial score (nSPS) is 12.0. The van der Waals surface area contributed by atoms with Crippen LogP contribution in [0.5, 0.6) is 0 Å². The van der Waals surface area contributed by atoms with E-state index in [1.807, 2.05) is 0 Å². The predicted molar refractivity (Wildman–Crippen MR) is 85.7 cm³/mol. The molecule has 0 aliphatic rings. The number of amidine groups is 1. The summed E-state index contributed by atoms with van der Waals surface area (Å²) in [5.41, 5.74) is 1.93. The summed E-state index contributed by atoms with van der Waals surface area (Å²) >= 11 is 0. The minimum atomic E-state index is -4.45. The van der Waals surface area contributed by atoms with Crippen molar-refractivity contribution < 1.29 is 18.1 Å². The average molecular weight is 362 g/mol. The Morgan fingerprint density at radius 1 is 1.12 bits per heavy atom. The Balaban J connectivity index is 2.06. The third-order valence-corrected chi connectivity index (χ3v) is 2.92. The van der Waals surface area contributed by atoms with Gasteiger partial charge in [-0.15, -0.1) is 15.3 Å². The summed E-state index contributed by atoms with van der Waals surface area (Å²) in [6.45, 7) is 0. The Kier molecular flexibility index (Phi) is 5.59. The number of hydrogen-bond donors (Lipinski definition) is 1. The van der Waals surface area contributed by atoms with Crippen LogP contribution in [0.4, 0.5) is 30.2 Å². The molecule has 2 aromatic rings. The molecule has 0 aliphatic heterocycles. The number of non-ortho nitro benzene ring substituents is 1. The Morgan fingerprint density at radius 2 is 1.73 bits per heavy atom. The lowest BCUT2D eigenvalue weighted by atomic mass is 10.2. The van der Waals surface area contributed by atoms with Crippen LogP contribution in [0.15, 0.2) is 63.9 Å². The van der Waals surface area contributed by atoms with Gasteiger partial charge in [0.2, 0.25) is 0 Å². The number of nitro benzene ring substituents is 1. The maximum atomic E-state index is 12.5. The van der Waals surface area contributed by atoms with E-state index in [9.17, 15) is 23.3 Å². The lowest BCUT2D eigenvalue weighted by Crippen LogP contribution is -2.04. The molecule has 0 heterocycles. The van der Waals surface area contributed by atoms with Crippen LogP contribution in [-0.4, -0.2) is 10.8 Å². The number of alkyl halides is 3. The van der Waals surface area contributed by atoms with E-state index in [2.05, 4.69) is 20.8 Å². The van der Waals surface area contributed by atoms with Gasteiger partial charge in [-0.1, -0.05) is 0 Å². The highest BCUT2D eigenvalue weighted by atomic mass is 19.4. The molecule has 0 amide bonds. The molecule has 0 fully saturated rings. The molecular formula is C15H9F3N6O2. The van der Waals surface area contributed by atoms with Gasteiger partial charge in [-0.25, -0.2) is 0 Å². The number of hydrogen-bond acceptors (Lipinski definition) is 6. The zero-order valence-corrected chi connectivity index (χ0v) is 12.8. The number of anilines is 1. The highest BCUT2D eigenvalue weighted by Gasteiger charge is 2.29. The van der Waals surface area contributed by atoms with Crippen LogP contribution >= 0.6 is 0 Å². The summed E-state index contributed by atoms with van der Waals surface area (Å²) in [4.78, 5) is 9.97. The van der Waals surface area contributed by atoms with Crippen LogP contribution in [0, 0.1) is 21.4 Å². The number of nitrogens with one attached hydrogen (secondary N) is 1. The van der Waals surface area contributed by atoms with E-state index >= 15 is 0 Å². The number of benzene rings is 2. The predicted octanol–water partition coefficient (Wildman–Crippen LogP) is 4.65. The standard InChI is InChI=1S/C15H9F3N6O2/c16-15(17,18)10-1-3-11(4-2-10)20-22-14(9-19)23-21-12-5-7-13(8-6-12)24(25)26/h1-8,20H/b22-14+,23-21+. The molecule has 1 N–H and O–H groups in total. The molecule has 0 aromatic heterocycles. The van der Waals surface area contributed by atoms with Crippen LogP contribution in [0.25, 0.3) is 0 Å². The van der Waals surface area contributed by atoms with Crippen LogP contribution in [-0.2, 0) is 6.18 Å². The van der Waals surface area contributed by atoms with Crippen LogP contribution < -0.4 is 5.43 Å². The van der Waals surface area contributed by atoms with E-state index in [1.54, 1.807) is 6.07 Å². The van der Waals surface area contributed by atoms with E-state index < -0.39 is 16.7 Å². The minimum absolute atomic E-state index is 0.123. The Labute approximate surface area is 144 Å². The van der Waals surface area contributed by atoms with Crippen molar-refractivity contribution >= 4 is 22.9 Å². The Hall–Kier alpha value is -3.81. The molecule has 0 saturated carbocycles. The van der Waals surface area contributed by atoms with Crippen molar-refractivity contribution in [3.63, 3.8) is 0 Å². The maximum absolute atomic E-state index is 12.5. The molecule has 2 aromatic carbocycles. The minimum Gasteiger partial charge on any atom is -0.276 e. The van der Waals surface area contributed by atoms with E-state index in [0.717, 1.165) is 24.3 Å². The molecule has 0 bridgehead atoms. The van der Waals surface area contributed by atoms with Crippen LogP contribution in [0.1, 0.15) is 5.56 Å². The van der Waals surface area contributed by atoms with Crippen molar-refractivity contribution in [1.82, 2.24) is 0 Å². The SMILES string of the molecule is N#CC(/N=N/c1ccc([N+](=O)[O-])cc1)=N\Nc1ccc(C(F)(F)F)cc1. The van der Waals surface area contributed by atoms with Crippen LogP contribution in [0.3, 0.4) is 0 Å². The first-order valence-electron chi connectivity index (χ1n) is 6.87. The quantitative estimate of drug-likeness (QED) is 0.280. The molecule has 2 rings (SSSR count). The fourth-order valence-electron chi connectivity index (χ4n) is 1.67. The summed E-state index contributed by atoms with van der Waals surface area (Å²) in [5.74, 6) is -0.386. The molecule has 0 saturated heterocycles. The zero-order chi connectivity index (χ0) is 19.2. The van der Waals surface area contributed by atoms with Gasteiger partial charge in [-0.05, 0) is 36.4 Å². The number of nitrogens with zero attached hydrogens (tertiary/aromatic N) is 5. The first-order valence-corrected chi connectivity index (χ1v) is 6.87. The second-order valence-electron chi connectivity index (χ2n) is 4.71. The van der Waals surface area contributed by atoms with Crippen molar-refractivity contribution in [3.8, 4) is 6.07 Å². The zero-order valence-electron chi connectivity index (χ0n) is 12.8. The molecule has 0 atom stereocenters. The summed E-state index contributed by atoms with van der Waals surface area (Å²) in [7, 11) is 0. The van der Waals surface area contributed by atoms with Crippen molar-refractivity contribution in [2.24, 2.45) is 15.3 Å². The summed E-state index contributed by atoms with van der Waals surface area (Å²) in [5, 5.41) is 30.4. The van der Waals surface area contributed by atoms with Gasteiger partial charge >= 0.3 is 6.18 Å². The van der Waals surface area contributed by atoms with E-state index in [4.69, 9.17) is 5.26 Å². The van der Waals surface area contributed by atoms with Crippen molar-refractivity contribution in [2.45, 2.75) is 6.18 Å². The number of nitro groups is 1. The molecule has 11 heteroatoms. The highest BCUT2D eigenvalue weighted by Crippen LogP contribution is 2.29. The molecular weight excluding hydrogens is 353 g/mol. The van der Waals surface area contributed by atoms with E-state index in [0.29, 0.717) is 0 Å². The van der Waals surface area contributed by atoms with Gasteiger partial charge < -0.3 is 0 Å². The molecule has 0 radical (unpaired) electrons. The van der Waals surface area contributed by atoms with E-state index in [-0.39, 0.29) is 22.9 Å². The lowest BCUT2D eigenvalue weighted by Gasteiger charge is -2.06. The van der Waals surface area contributed by atoms with Gasteiger partial charge in [0, 0.05) is 12.1 Å². The second kappa shape index (κ2) is 7.84. The highest BCUT2D eigenvalue weighted by molar-refractivity contribution is 5.97. The molecule has 132 valence electrons. The van der Waals surface area contributed by atoms with Crippen LogP contribution in [0.2, 0.25) is 0 Å². The lowest BCUT2D eigenvalue weighted by molar-refractivity contribution is -0.384. The maximum Gasteiger partial charge on any atom is 0.416 e. The average Bonchev–Trinajstić information content (AvgIpc) is 2.62. The third kappa shape index (κ3) is 5.10. The summed E-state index contributed by atoms with van der Waals surface area (Å²) in [6, 6.07) is 10.8. The van der Waals surface area contributed by atoms with Gasteiger partial charge in [0.05, 0.1) is 21.9 Å². The van der Waals surface area contributed by atoms with Crippen molar-refractivity contribution in [3.05, 3.63) is 64.2 Å². The van der Waals surface area contributed by atoms with Gasteiger partial charge in [0.1, 0.15) is 6.07 Å². The monoisotopic (exact) mass is 362 g/mol. The topological polar surface area (TPSA) is 116 Å². The first-order chi connectivity index (χ1) is 12.3. The van der Waals surface area contributed by atoms with Crippen molar-refractivity contribution in [1.29, 1.82) is 5.26 Å². The molecule has 0 spiro atoms. The Bertz CT molecular complexity index is 884. The Morgan fingerprint density at radius 3 is 2.23 bits per heavy atom. The largest absolute Gasteiger partial charge is 0.416 e. The van der Waals surface area contributed by atoms with Gasteiger partial charge in [0.15, 0.2) is 0 Å². The van der Waals surface area contributed by atoms with Crippen molar-refractivity contribution in [2.75, 3.05) is 5.43 Å². The van der Waals surface area contributed by atoms with E-state index in [1.165, 1.54) is 24.3 Å². The smallest absolute Gasteiger partial charge is 0.276 e. The molecule has 0 unspecified atom stereocenters. The third-order valence-electron chi connectivity index (χ3n) is 2.92. The molecule has 8 nitrogen and oxygen atoms in total. The summed E-state index contributed by atoms with van der Waals surface area (Å²) < 4.78 is 37.4. The van der Waals surface area contributed by atoms with Gasteiger partial charge in [-0.3, -0.25) is 15.5 Å². The number of azo groups is 1. The number of halogens is 3. The molecule has 26 heavy (non-hydrogen) atoms. The fraction of sp³-hybridized carbons (Fsp3) is 0.0667. The fourth-order valence-corrected chi connectivity index (χ4v) is 1.67. The van der Waals surface area contributed by atoms with Gasteiger partial charge in [0.25, 0.3) is 11.5 Å². The summed E-state index contributed by atoms with van der Waals surface area (Å²) in [6.07, 6.45) is -4.45. The first kappa shape index (κ1) is 18.5. The number of rotatable bonds is 4. The molecule has 0 aliphatic carbocycles. The second-order valence-corrected chi connectivity index (χ2v) is 4.71. The van der Waals surface area contributed by atoms with Gasteiger partial charge in [-0.2, -0.15) is 18.4 Å². The number of nitriles is 1.